The SMILES string of the molecule is CC(NC(=O)[C@H]1CNC[C@@H]1c1cnn(C)c1)C(C)(C)c1ccccc1.Cl. The molecule has 0 radical (unpaired) electrons. The summed E-state index contributed by atoms with van der Waals surface area (Å²) in [6.45, 7) is 7.98. The van der Waals surface area contributed by atoms with E-state index in [0.717, 1.165) is 12.1 Å². The summed E-state index contributed by atoms with van der Waals surface area (Å²) in [6.07, 6.45) is 3.88. The topological polar surface area (TPSA) is 59.0 Å². The monoisotopic (exact) mass is 376 g/mol. The summed E-state index contributed by atoms with van der Waals surface area (Å²) < 4.78 is 1.80. The van der Waals surface area contributed by atoms with E-state index in [2.05, 4.69) is 48.6 Å². The van der Waals surface area contributed by atoms with E-state index >= 15 is 0 Å². The van der Waals surface area contributed by atoms with Gasteiger partial charge in [0.2, 0.25) is 5.91 Å². The molecule has 3 rings (SSSR count). The van der Waals surface area contributed by atoms with Crippen molar-refractivity contribution < 1.29 is 4.79 Å². The molecule has 1 aromatic heterocycles. The quantitative estimate of drug-likeness (QED) is 0.843. The van der Waals surface area contributed by atoms with Crippen LogP contribution in [0.15, 0.2) is 42.7 Å². The van der Waals surface area contributed by atoms with E-state index < -0.39 is 0 Å². The molecule has 2 heterocycles. The molecule has 2 N–H and O–H groups in total. The van der Waals surface area contributed by atoms with Gasteiger partial charge >= 0.3 is 0 Å². The van der Waals surface area contributed by atoms with Gasteiger partial charge in [-0.2, -0.15) is 5.10 Å². The zero-order chi connectivity index (χ0) is 18.0. The van der Waals surface area contributed by atoms with Crippen LogP contribution in [0.2, 0.25) is 0 Å². The van der Waals surface area contributed by atoms with Crippen molar-refractivity contribution >= 4 is 18.3 Å². The molecule has 6 heteroatoms. The van der Waals surface area contributed by atoms with Gasteiger partial charge in [0, 0.05) is 43.7 Å². The highest BCUT2D eigenvalue weighted by molar-refractivity contribution is 5.85. The van der Waals surface area contributed by atoms with Gasteiger partial charge in [0.15, 0.2) is 0 Å². The summed E-state index contributed by atoms with van der Waals surface area (Å²) in [5.41, 5.74) is 2.23. The molecule has 0 saturated carbocycles. The Balaban J connectivity index is 0.00000243. The maximum Gasteiger partial charge on any atom is 0.225 e. The van der Waals surface area contributed by atoms with Crippen molar-refractivity contribution in [1.29, 1.82) is 0 Å². The van der Waals surface area contributed by atoms with Crippen molar-refractivity contribution in [3.63, 3.8) is 0 Å². The van der Waals surface area contributed by atoms with Crippen LogP contribution in [0.1, 0.15) is 37.8 Å². The Labute approximate surface area is 162 Å². The Morgan fingerprint density at radius 1 is 1.31 bits per heavy atom. The number of rotatable bonds is 5. The standard InChI is InChI=1S/C20H28N4O.ClH/c1-14(20(2,3)16-8-6-5-7-9-16)23-19(25)18-12-21-11-17(18)15-10-22-24(4)13-15;/h5-10,13-14,17-18,21H,11-12H2,1-4H3,(H,23,25);1H/t14?,17-,18+;/m1./s1. The van der Waals surface area contributed by atoms with E-state index in [1.807, 2.05) is 37.6 Å². The molecule has 1 aliphatic heterocycles. The van der Waals surface area contributed by atoms with E-state index in [-0.39, 0.29) is 41.6 Å². The molecule has 1 aliphatic rings. The zero-order valence-electron chi connectivity index (χ0n) is 15.9. The molecular weight excluding hydrogens is 348 g/mol. The highest BCUT2D eigenvalue weighted by atomic mass is 35.5. The molecule has 3 atom stereocenters. The fourth-order valence-corrected chi connectivity index (χ4v) is 3.55. The first-order valence-corrected chi connectivity index (χ1v) is 8.94. The van der Waals surface area contributed by atoms with Gasteiger partial charge < -0.3 is 10.6 Å². The Morgan fingerprint density at radius 2 is 2.00 bits per heavy atom. The van der Waals surface area contributed by atoms with E-state index in [1.54, 1.807) is 4.68 Å². The molecule has 0 aliphatic carbocycles. The zero-order valence-corrected chi connectivity index (χ0v) is 16.7. The van der Waals surface area contributed by atoms with E-state index in [4.69, 9.17) is 0 Å². The number of carbonyl (C=O) groups is 1. The van der Waals surface area contributed by atoms with E-state index in [9.17, 15) is 4.79 Å². The molecule has 1 saturated heterocycles. The first-order chi connectivity index (χ1) is 11.9. The van der Waals surface area contributed by atoms with Gasteiger partial charge in [-0.05, 0) is 18.1 Å². The van der Waals surface area contributed by atoms with Crippen LogP contribution in [-0.2, 0) is 17.3 Å². The van der Waals surface area contributed by atoms with Crippen molar-refractivity contribution in [2.75, 3.05) is 13.1 Å². The third-order valence-corrected chi connectivity index (χ3v) is 5.66. The average molecular weight is 377 g/mol. The maximum atomic E-state index is 12.9. The maximum absolute atomic E-state index is 12.9. The largest absolute Gasteiger partial charge is 0.352 e. The van der Waals surface area contributed by atoms with Gasteiger partial charge in [0.1, 0.15) is 0 Å². The van der Waals surface area contributed by atoms with Crippen molar-refractivity contribution in [2.24, 2.45) is 13.0 Å². The molecule has 2 aromatic rings. The Bertz CT molecular complexity index is 728. The minimum Gasteiger partial charge on any atom is -0.352 e. The molecule has 1 fully saturated rings. The van der Waals surface area contributed by atoms with Crippen LogP contribution in [0.3, 0.4) is 0 Å². The lowest BCUT2D eigenvalue weighted by Crippen LogP contribution is -2.48. The number of nitrogens with one attached hydrogen (secondary N) is 2. The summed E-state index contributed by atoms with van der Waals surface area (Å²) in [5, 5.41) is 10.9. The number of aromatic nitrogens is 2. The van der Waals surface area contributed by atoms with Gasteiger partial charge in [0.05, 0.1) is 12.1 Å². The van der Waals surface area contributed by atoms with Crippen molar-refractivity contribution in [2.45, 2.75) is 38.1 Å². The van der Waals surface area contributed by atoms with Gasteiger partial charge in [-0.25, -0.2) is 0 Å². The highest BCUT2D eigenvalue weighted by Gasteiger charge is 2.37. The molecule has 5 nitrogen and oxygen atoms in total. The number of benzene rings is 1. The van der Waals surface area contributed by atoms with E-state index in [0.29, 0.717) is 6.54 Å². The third-order valence-electron chi connectivity index (χ3n) is 5.66. The predicted octanol–water partition coefficient (Wildman–Crippen LogP) is 2.63. The lowest BCUT2D eigenvalue weighted by Gasteiger charge is -2.34. The lowest BCUT2D eigenvalue weighted by molar-refractivity contribution is -0.125. The van der Waals surface area contributed by atoms with Crippen molar-refractivity contribution in [3.8, 4) is 0 Å². The number of aryl methyl sites for hydroxylation is 1. The Morgan fingerprint density at radius 3 is 2.62 bits per heavy atom. The molecule has 0 spiro atoms. The Hall–Kier alpha value is -1.85. The number of hydrogen-bond acceptors (Lipinski definition) is 3. The third kappa shape index (κ3) is 4.10. The predicted molar refractivity (Wildman–Crippen MR) is 107 cm³/mol. The van der Waals surface area contributed by atoms with Crippen LogP contribution < -0.4 is 10.6 Å². The summed E-state index contributed by atoms with van der Waals surface area (Å²) in [5.74, 6) is 0.245. The minimum atomic E-state index is -0.132. The van der Waals surface area contributed by atoms with Crippen LogP contribution in [0.4, 0.5) is 0 Å². The number of amides is 1. The number of nitrogens with zero attached hydrogens (tertiary/aromatic N) is 2. The fourth-order valence-electron chi connectivity index (χ4n) is 3.55. The molecule has 26 heavy (non-hydrogen) atoms. The second-order valence-electron chi connectivity index (χ2n) is 7.64. The number of halogens is 1. The van der Waals surface area contributed by atoms with Crippen LogP contribution in [0.5, 0.6) is 0 Å². The van der Waals surface area contributed by atoms with Crippen LogP contribution >= 0.6 is 12.4 Å². The molecule has 1 aromatic carbocycles. The molecule has 0 bridgehead atoms. The molecule has 1 amide bonds. The van der Waals surface area contributed by atoms with E-state index in [1.165, 1.54) is 5.56 Å². The van der Waals surface area contributed by atoms with Gasteiger partial charge in [-0.3, -0.25) is 9.48 Å². The second-order valence-corrected chi connectivity index (χ2v) is 7.64. The number of hydrogen-bond donors (Lipinski definition) is 2. The first-order valence-electron chi connectivity index (χ1n) is 8.94. The molecule has 1 unspecified atom stereocenters. The summed E-state index contributed by atoms with van der Waals surface area (Å²) in [4.78, 5) is 12.9. The van der Waals surface area contributed by atoms with Gasteiger partial charge in [-0.1, -0.05) is 44.2 Å². The fraction of sp³-hybridized carbons (Fsp3) is 0.500. The Kier molecular flexibility index (Phi) is 6.48. The van der Waals surface area contributed by atoms with Crippen molar-refractivity contribution in [3.05, 3.63) is 53.9 Å². The van der Waals surface area contributed by atoms with Crippen molar-refractivity contribution in [1.82, 2.24) is 20.4 Å². The van der Waals surface area contributed by atoms with Crippen LogP contribution in [-0.4, -0.2) is 34.8 Å². The average Bonchev–Trinajstić information content (AvgIpc) is 3.24. The smallest absolute Gasteiger partial charge is 0.225 e. The summed E-state index contributed by atoms with van der Waals surface area (Å²) >= 11 is 0. The molecule has 142 valence electrons. The van der Waals surface area contributed by atoms with Gasteiger partial charge in [0.25, 0.3) is 0 Å². The highest BCUT2D eigenvalue weighted by Crippen LogP contribution is 2.30. The van der Waals surface area contributed by atoms with Crippen LogP contribution in [0.25, 0.3) is 0 Å². The molecular formula is C20H29ClN4O. The normalized spacial score (nSPS) is 21.1. The van der Waals surface area contributed by atoms with Gasteiger partial charge in [-0.15, -0.1) is 12.4 Å². The number of carbonyl (C=O) groups excluding carboxylic acids is 1. The summed E-state index contributed by atoms with van der Waals surface area (Å²) in [6, 6.07) is 10.4. The van der Waals surface area contributed by atoms with Crippen LogP contribution in [0, 0.1) is 5.92 Å². The minimum absolute atomic E-state index is 0. The lowest BCUT2D eigenvalue weighted by atomic mass is 9.78. The second kappa shape index (κ2) is 8.23. The first kappa shape index (κ1) is 20.5. The summed E-state index contributed by atoms with van der Waals surface area (Å²) in [7, 11) is 1.91.